The van der Waals surface area contributed by atoms with E-state index < -0.39 is 10.0 Å². The first kappa shape index (κ1) is 13.5. The molecule has 0 aromatic heterocycles. The van der Waals surface area contributed by atoms with Crippen LogP contribution in [0.25, 0.3) is 0 Å². The number of terminal acetylenes is 1. The standard InChI is InChI=1S/C11H20N2O2S/c1-3-6-10(4-2)13-16(14,15)11-7-5-8-12-9-11/h1,10-13H,4-9H2,2H3. The van der Waals surface area contributed by atoms with Gasteiger partial charge in [-0.25, -0.2) is 13.1 Å². The van der Waals surface area contributed by atoms with Crippen LogP contribution in [-0.4, -0.2) is 32.8 Å². The van der Waals surface area contributed by atoms with Gasteiger partial charge in [0, 0.05) is 19.0 Å². The van der Waals surface area contributed by atoms with Gasteiger partial charge in [-0.3, -0.25) is 0 Å². The van der Waals surface area contributed by atoms with E-state index in [1.807, 2.05) is 6.92 Å². The molecule has 92 valence electrons. The molecule has 0 aromatic rings. The number of piperidine rings is 1. The fraction of sp³-hybridized carbons (Fsp3) is 0.818. The first-order valence-corrected chi connectivity index (χ1v) is 7.30. The second kappa shape index (κ2) is 6.24. The lowest BCUT2D eigenvalue weighted by molar-refractivity contribution is 0.479. The largest absolute Gasteiger partial charge is 0.315 e. The third kappa shape index (κ3) is 3.78. The van der Waals surface area contributed by atoms with Crippen molar-refractivity contribution in [3.8, 4) is 12.3 Å². The molecule has 1 rings (SSSR count). The molecule has 0 bridgehead atoms. The molecule has 0 spiro atoms. The van der Waals surface area contributed by atoms with Gasteiger partial charge in [0.1, 0.15) is 0 Å². The minimum Gasteiger partial charge on any atom is -0.315 e. The first-order valence-electron chi connectivity index (χ1n) is 5.75. The molecule has 16 heavy (non-hydrogen) atoms. The van der Waals surface area contributed by atoms with Gasteiger partial charge in [0.2, 0.25) is 10.0 Å². The second-order valence-electron chi connectivity index (χ2n) is 4.14. The fourth-order valence-electron chi connectivity index (χ4n) is 1.82. The van der Waals surface area contributed by atoms with E-state index in [0.717, 1.165) is 25.8 Å². The van der Waals surface area contributed by atoms with Crippen LogP contribution in [0.1, 0.15) is 32.6 Å². The van der Waals surface area contributed by atoms with Crippen LogP contribution in [-0.2, 0) is 10.0 Å². The van der Waals surface area contributed by atoms with Crippen molar-refractivity contribution in [2.75, 3.05) is 13.1 Å². The normalized spacial score (nSPS) is 23.6. The van der Waals surface area contributed by atoms with Crippen LogP contribution < -0.4 is 10.0 Å². The topological polar surface area (TPSA) is 58.2 Å². The zero-order valence-corrected chi connectivity index (χ0v) is 10.5. The first-order chi connectivity index (χ1) is 7.60. The number of sulfonamides is 1. The summed E-state index contributed by atoms with van der Waals surface area (Å²) >= 11 is 0. The Hall–Kier alpha value is -0.570. The highest BCUT2D eigenvalue weighted by molar-refractivity contribution is 7.90. The van der Waals surface area contributed by atoms with Crippen LogP contribution in [0.3, 0.4) is 0 Å². The SMILES string of the molecule is C#CCC(CC)NS(=O)(=O)C1CCCNC1. The Balaban J connectivity index is 2.59. The Bertz CT molecular complexity index is 339. The lowest BCUT2D eigenvalue weighted by Gasteiger charge is -2.25. The van der Waals surface area contributed by atoms with Crippen molar-refractivity contribution in [3.63, 3.8) is 0 Å². The number of hydrogen-bond donors (Lipinski definition) is 2. The molecule has 1 aliphatic heterocycles. The molecule has 0 aliphatic carbocycles. The smallest absolute Gasteiger partial charge is 0.216 e. The van der Waals surface area contributed by atoms with E-state index >= 15 is 0 Å². The summed E-state index contributed by atoms with van der Waals surface area (Å²) in [7, 11) is -3.22. The summed E-state index contributed by atoms with van der Waals surface area (Å²) in [5.74, 6) is 2.50. The predicted molar refractivity (Wildman–Crippen MR) is 65.5 cm³/mol. The molecule has 0 aromatic carbocycles. The van der Waals surface area contributed by atoms with Crippen LogP contribution >= 0.6 is 0 Å². The molecule has 2 N–H and O–H groups in total. The van der Waals surface area contributed by atoms with Gasteiger partial charge in [0.05, 0.1) is 5.25 Å². The van der Waals surface area contributed by atoms with Gasteiger partial charge < -0.3 is 5.32 Å². The summed E-state index contributed by atoms with van der Waals surface area (Å²) in [6, 6.07) is -0.128. The van der Waals surface area contributed by atoms with E-state index in [2.05, 4.69) is 16.0 Å². The number of rotatable bonds is 5. The molecule has 2 unspecified atom stereocenters. The maximum absolute atomic E-state index is 12.0. The second-order valence-corrected chi connectivity index (χ2v) is 6.14. The zero-order valence-electron chi connectivity index (χ0n) is 9.70. The van der Waals surface area contributed by atoms with Gasteiger partial charge in [-0.05, 0) is 25.8 Å². The Morgan fingerprint density at radius 1 is 1.62 bits per heavy atom. The van der Waals surface area contributed by atoms with Gasteiger partial charge in [-0.1, -0.05) is 6.92 Å². The molecule has 0 saturated carbocycles. The van der Waals surface area contributed by atoms with Crippen LogP contribution in [0.5, 0.6) is 0 Å². The molecule has 1 heterocycles. The molecule has 0 radical (unpaired) electrons. The highest BCUT2D eigenvalue weighted by atomic mass is 32.2. The van der Waals surface area contributed by atoms with Crippen molar-refractivity contribution in [1.82, 2.24) is 10.0 Å². The third-order valence-corrected chi connectivity index (χ3v) is 4.82. The maximum atomic E-state index is 12.0. The van der Waals surface area contributed by atoms with Crippen molar-refractivity contribution in [2.24, 2.45) is 0 Å². The Morgan fingerprint density at radius 2 is 2.38 bits per heavy atom. The summed E-state index contributed by atoms with van der Waals surface area (Å²) in [5, 5.41) is 2.79. The van der Waals surface area contributed by atoms with E-state index in [0.29, 0.717) is 13.0 Å². The number of nitrogens with one attached hydrogen (secondary N) is 2. The van der Waals surface area contributed by atoms with Gasteiger partial charge >= 0.3 is 0 Å². The van der Waals surface area contributed by atoms with Crippen LogP contribution in [0.2, 0.25) is 0 Å². The molecular weight excluding hydrogens is 224 g/mol. The summed E-state index contributed by atoms with van der Waals surface area (Å²) < 4.78 is 26.7. The van der Waals surface area contributed by atoms with Gasteiger partial charge in [-0.2, -0.15) is 0 Å². The van der Waals surface area contributed by atoms with Crippen LogP contribution in [0.4, 0.5) is 0 Å². The Morgan fingerprint density at radius 3 is 2.88 bits per heavy atom. The predicted octanol–water partition coefficient (Wildman–Crippen LogP) is 0.460. The average molecular weight is 244 g/mol. The van der Waals surface area contributed by atoms with E-state index in [1.165, 1.54) is 0 Å². The van der Waals surface area contributed by atoms with E-state index in [4.69, 9.17) is 6.42 Å². The zero-order chi connectivity index (χ0) is 12.0. The molecule has 2 atom stereocenters. The Kier molecular flexibility index (Phi) is 5.26. The summed E-state index contributed by atoms with van der Waals surface area (Å²) in [6.07, 6.45) is 8.03. The average Bonchev–Trinajstić information content (AvgIpc) is 2.29. The highest BCUT2D eigenvalue weighted by Gasteiger charge is 2.28. The fourth-order valence-corrected chi connectivity index (χ4v) is 3.55. The molecule has 1 saturated heterocycles. The molecule has 4 nitrogen and oxygen atoms in total. The van der Waals surface area contributed by atoms with Gasteiger partial charge in [-0.15, -0.1) is 12.3 Å². The van der Waals surface area contributed by atoms with E-state index in [-0.39, 0.29) is 11.3 Å². The minimum absolute atomic E-state index is 0.128. The lowest BCUT2D eigenvalue weighted by Crippen LogP contribution is -2.47. The summed E-state index contributed by atoms with van der Waals surface area (Å²) in [4.78, 5) is 0. The van der Waals surface area contributed by atoms with E-state index in [1.54, 1.807) is 0 Å². The van der Waals surface area contributed by atoms with E-state index in [9.17, 15) is 8.42 Å². The monoisotopic (exact) mass is 244 g/mol. The molecule has 0 amide bonds. The molecule has 1 fully saturated rings. The molecule has 1 aliphatic rings. The van der Waals surface area contributed by atoms with Crippen molar-refractivity contribution in [3.05, 3.63) is 0 Å². The Labute approximate surface area is 98.2 Å². The maximum Gasteiger partial charge on any atom is 0.216 e. The van der Waals surface area contributed by atoms with Gasteiger partial charge in [0.25, 0.3) is 0 Å². The highest BCUT2D eigenvalue weighted by Crippen LogP contribution is 2.12. The third-order valence-electron chi connectivity index (χ3n) is 2.88. The van der Waals surface area contributed by atoms with Crippen LogP contribution in [0, 0.1) is 12.3 Å². The van der Waals surface area contributed by atoms with Crippen molar-refractivity contribution < 1.29 is 8.42 Å². The van der Waals surface area contributed by atoms with Crippen LogP contribution in [0.15, 0.2) is 0 Å². The number of hydrogen-bond acceptors (Lipinski definition) is 3. The lowest BCUT2D eigenvalue weighted by atomic mass is 10.2. The van der Waals surface area contributed by atoms with Gasteiger partial charge in [0.15, 0.2) is 0 Å². The summed E-state index contributed by atoms with van der Waals surface area (Å²) in [5.41, 5.74) is 0. The summed E-state index contributed by atoms with van der Waals surface area (Å²) in [6.45, 7) is 3.39. The quantitative estimate of drug-likeness (QED) is 0.691. The van der Waals surface area contributed by atoms with Crippen molar-refractivity contribution in [2.45, 2.75) is 43.9 Å². The molecule has 5 heteroatoms. The van der Waals surface area contributed by atoms with Crippen molar-refractivity contribution >= 4 is 10.0 Å². The minimum atomic E-state index is -3.22. The molecular formula is C11H20N2O2S. The van der Waals surface area contributed by atoms with Crippen molar-refractivity contribution in [1.29, 1.82) is 0 Å².